The van der Waals surface area contributed by atoms with Crippen LogP contribution in [-0.2, 0) is 16.2 Å². The molecule has 6 nitrogen and oxygen atoms in total. The van der Waals surface area contributed by atoms with E-state index in [1.165, 1.54) is 0 Å². The quantitative estimate of drug-likeness (QED) is 0.460. The van der Waals surface area contributed by atoms with Crippen LogP contribution in [0.4, 0.5) is 0 Å². The second-order valence-electron chi connectivity index (χ2n) is 10.6. The standard InChI is InChI=1S/C21H30N6/c1-19(2,3)13-10-16-25(22-13)17-11-14(20(4,5)6)24-27(17)18-12-15(21(7,8)9)23-26(16)18/h10-12H,1-9H3. The van der Waals surface area contributed by atoms with Crippen LogP contribution in [0.15, 0.2) is 18.2 Å². The van der Waals surface area contributed by atoms with Crippen LogP contribution in [0.25, 0.3) is 16.9 Å². The molecule has 0 amide bonds. The highest BCUT2D eigenvalue weighted by Crippen LogP contribution is 2.29. The van der Waals surface area contributed by atoms with Gasteiger partial charge in [-0.2, -0.15) is 28.8 Å². The average molecular weight is 367 g/mol. The van der Waals surface area contributed by atoms with Crippen molar-refractivity contribution in [3.8, 4) is 0 Å². The van der Waals surface area contributed by atoms with Crippen molar-refractivity contribution in [1.82, 2.24) is 28.8 Å². The molecule has 0 saturated heterocycles. The molecule has 0 unspecified atom stereocenters. The second kappa shape index (κ2) is 5.12. The van der Waals surface area contributed by atoms with E-state index in [4.69, 9.17) is 15.3 Å². The molecule has 0 bridgehead atoms. The number of fused-ring (bicyclic) bond motifs is 6. The number of aromatic nitrogens is 6. The summed E-state index contributed by atoms with van der Waals surface area (Å²) in [5.74, 6) is 0. The Morgan fingerprint density at radius 2 is 0.704 bits per heavy atom. The van der Waals surface area contributed by atoms with Crippen molar-refractivity contribution >= 4 is 16.9 Å². The first-order chi connectivity index (χ1) is 12.3. The van der Waals surface area contributed by atoms with Crippen LogP contribution in [0, 0.1) is 0 Å². The third-order valence-corrected chi connectivity index (χ3v) is 5.03. The Morgan fingerprint density at radius 1 is 0.481 bits per heavy atom. The molecule has 0 fully saturated rings. The smallest absolute Gasteiger partial charge is 0.161 e. The van der Waals surface area contributed by atoms with Gasteiger partial charge in [0.25, 0.3) is 0 Å². The lowest BCUT2D eigenvalue weighted by molar-refractivity contribution is 0.561. The summed E-state index contributed by atoms with van der Waals surface area (Å²) in [4.78, 5) is 0. The maximum atomic E-state index is 4.92. The molecule has 6 heteroatoms. The molecule has 0 aliphatic rings. The van der Waals surface area contributed by atoms with Crippen LogP contribution in [-0.4, -0.2) is 28.8 Å². The van der Waals surface area contributed by atoms with Crippen molar-refractivity contribution in [2.24, 2.45) is 0 Å². The van der Waals surface area contributed by atoms with E-state index < -0.39 is 0 Å². The zero-order chi connectivity index (χ0) is 19.9. The Balaban J connectivity index is 2.19. The Bertz CT molecular complexity index is 919. The molecular formula is C21H30N6. The van der Waals surface area contributed by atoms with E-state index in [0.717, 1.165) is 34.0 Å². The van der Waals surface area contributed by atoms with E-state index in [9.17, 15) is 0 Å². The molecule has 0 aromatic carbocycles. The van der Waals surface area contributed by atoms with Gasteiger partial charge in [-0.3, -0.25) is 0 Å². The molecule has 0 aliphatic carbocycles. The van der Waals surface area contributed by atoms with Crippen LogP contribution in [0.3, 0.4) is 0 Å². The van der Waals surface area contributed by atoms with Gasteiger partial charge in [0, 0.05) is 34.4 Å². The van der Waals surface area contributed by atoms with Crippen LogP contribution in [0.1, 0.15) is 79.4 Å². The van der Waals surface area contributed by atoms with Crippen molar-refractivity contribution in [3.63, 3.8) is 0 Å². The fraction of sp³-hybridized carbons (Fsp3) is 0.571. The minimum absolute atomic E-state index is 0.0395. The predicted molar refractivity (Wildman–Crippen MR) is 109 cm³/mol. The van der Waals surface area contributed by atoms with Crippen molar-refractivity contribution < 1.29 is 0 Å². The van der Waals surface area contributed by atoms with Gasteiger partial charge in [0.15, 0.2) is 16.9 Å². The Labute approximate surface area is 160 Å². The van der Waals surface area contributed by atoms with Gasteiger partial charge in [-0.05, 0) is 0 Å². The fourth-order valence-corrected chi connectivity index (χ4v) is 3.17. The minimum Gasteiger partial charge on any atom is -0.196 e. The van der Waals surface area contributed by atoms with Crippen LogP contribution in [0.2, 0.25) is 0 Å². The number of hydrogen-bond acceptors (Lipinski definition) is 3. The second-order valence-corrected chi connectivity index (χ2v) is 10.6. The monoisotopic (exact) mass is 366 g/mol. The summed E-state index contributed by atoms with van der Waals surface area (Å²) in [7, 11) is 0. The molecule has 4 aromatic heterocycles. The molecule has 0 spiro atoms. The first-order valence-electron chi connectivity index (χ1n) is 9.59. The van der Waals surface area contributed by atoms with E-state index in [1.807, 2.05) is 13.5 Å². The zero-order valence-corrected chi connectivity index (χ0v) is 17.9. The van der Waals surface area contributed by atoms with E-state index >= 15 is 0 Å². The summed E-state index contributed by atoms with van der Waals surface area (Å²) < 4.78 is 5.94. The molecular weight excluding hydrogens is 336 g/mol. The van der Waals surface area contributed by atoms with Crippen LogP contribution in [0.5, 0.6) is 0 Å². The zero-order valence-electron chi connectivity index (χ0n) is 17.9. The van der Waals surface area contributed by atoms with Crippen molar-refractivity contribution in [2.75, 3.05) is 0 Å². The van der Waals surface area contributed by atoms with Gasteiger partial charge < -0.3 is 0 Å². The molecule has 0 atom stereocenters. The largest absolute Gasteiger partial charge is 0.196 e. The van der Waals surface area contributed by atoms with Crippen LogP contribution >= 0.6 is 0 Å². The molecule has 4 aromatic rings. The van der Waals surface area contributed by atoms with Gasteiger partial charge in [0.1, 0.15) is 0 Å². The lowest BCUT2D eigenvalue weighted by Crippen LogP contribution is -2.12. The van der Waals surface area contributed by atoms with E-state index in [0.29, 0.717) is 0 Å². The predicted octanol–water partition coefficient (Wildman–Crippen LogP) is 4.52. The van der Waals surface area contributed by atoms with Crippen molar-refractivity contribution in [1.29, 1.82) is 0 Å². The summed E-state index contributed by atoms with van der Waals surface area (Å²) in [6.45, 7) is 19.7. The molecule has 0 saturated carbocycles. The van der Waals surface area contributed by atoms with Gasteiger partial charge in [0.2, 0.25) is 0 Å². The molecule has 27 heavy (non-hydrogen) atoms. The van der Waals surface area contributed by atoms with Crippen molar-refractivity contribution in [2.45, 2.75) is 78.6 Å². The first-order valence-corrected chi connectivity index (χ1v) is 9.59. The Hall–Kier alpha value is -2.37. The lowest BCUT2D eigenvalue weighted by atomic mass is 9.93. The molecule has 0 aliphatic heterocycles. The summed E-state index contributed by atoms with van der Waals surface area (Å²) in [5.41, 5.74) is 5.93. The van der Waals surface area contributed by atoms with Gasteiger partial charge in [-0.1, -0.05) is 62.3 Å². The van der Waals surface area contributed by atoms with Crippen LogP contribution < -0.4 is 0 Å². The molecule has 4 heterocycles. The van der Waals surface area contributed by atoms with Gasteiger partial charge in [0.05, 0.1) is 17.1 Å². The summed E-state index contributed by atoms with van der Waals surface area (Å²) in [6.07, 6.45) is 0. The molecule has 0 radical (unpaired) electrons. The molecule has 0 N–H and O–H groups in total. The van der Waals surface area contributed by atoms with Gasteiger partial charge >= 0.3 is 0 Å². The van der Waals surface area contributed by atoms with Gasteiger partial charge in [-0.25, -0.2) is 0 Å². The highest BCUT2D eigenvalue weighted by Gasteiger charge is 2.26. The maximum Gasteiger partial charge on any atom is 0.161 e. The minimum atomic E-state index is -0.0395. The summed E-state index contributed by atoms with van der Waals surface area (Å²) >= 11 is 0. The molecule has 144 valence electrons. The summed E-state index contributed by atoms with van der Waals surface area (Å²) in [6, 6.07) is 6.45. The third kappa shape index (κ3) is 2.73. The third-order valence-electron chi connectivity index (χ3n) is 5.03. The maximum absolute atomic E-state index is 4.92. The Morgan fingerprint density at radius 3 is 0.889 bits per heavy atom. The Kier molecular flexibility index (Phi) is 3.41. The summed E-state index contributed by atoms with van der Waals surface area (Å²) in [5, 5.41) is 14.8. The fourth-order valence-electron chi connectivity index (χ4n) is 3.17. The first kappa shape index (κ1) is 18.0. The highest BCUT2D eigenvalue weighted by molar-refractivity contribution is 5.62. The topological polar surface area (TPSA) is 51.9 Å². The number of nitrogens with zero attached hydrogens (tertiary/aromatic N) is 6. The number of rotatable bonds is 0. The normalized spacial score (nSPS) is 14.1. The van der Waals surface area contributed by atoms with Crippen molar-refractivity contribution in [3.05, 3.63) is 35.3 Å². The van der Waals surface area contributed by atoms with E-state index in [2.05, 4.69) is 80.5 Å². The lowest BCUT2D eigenvalue weighted by Gasteiger charge is -2.13. The SMILES string of the molecule is CC(C)(C)c1cc2n(n1)c1cc(C(C)(C)C)nn1c1cc(C(C)(C)C)nn21. The molecule has 4 rings (SSSR count). The van der Waals surface area contributed by atoms with Gasteiger partial charge in [-0.15, -0.1) is 0 Å². The average Bonchev–Trinajstić information content (AvgIpc) is 3.19. The van der Waals surface area contributed by atoms with E-state index in [1.54, 1.807) is 0 Å². The highest BCUT2D eigenvalue weighted by atomic mass is 15.4. The number of hydrogen-bond donors (Lipinski definition) is 0. The van der Waals surface area contributed by atoms with E-state index in [-0.39, 0.29) is 16.2 Å².